The van der Waals surface area contributed by atoms with Crippen LogP contribution in [0.25, 0.3) is 0 Å². The Morgan fingerprint density at radius 1 is 1.32 bits per heavy atom. The van der Waals surface area contributed by atoms with Gasteiger partial charge in [0.1, 0.15) is 12.4 Å². The summed E-state index contributed by atoms with van der Waals surface area (Å²) in [4.78, 5) is 11.7. The van der Waals surface area contributed by atoms with Crippen LogP contribution in [0, 0.1) is 13.8 Å². The van der Waals surface area contributed by atoms with Crippen LogP contribution in [0.5, 0.6) is 5.75 Å². The zero-order valence-electron chi connectivity index (χ0n) is 12.3. The van der Waals surface area contributed by atoms with Crippen LogP contribution < -0.4 is 10.1 Å². The van der Waals surface area contributed by atoms with Gasteiger partial charge in [0.05, 0.1) is 0 Å². The van der Waals surface area contributed by atoms with E-state index in [1.54, 1.807) is 0 Å². The fourth-order valence-electron chi connectivity index (χ4n) is 1.72. The summed E-state index contributed by atoms with van der Waals surface area (Å²) in [5.74, 6) is 0.309. The molecule has 0 aromatic heterocycles. The minimum atomic E-state index is -1.17. The lowest BCUT2D eigenvalue weighted by atomic mass is 10.1. The second kappa shape index (κ2) is 6.06. The standard InChI is InChI=1S/C15H23NO3/c1-10-7-6-8-11(2)13(10)19-9-12(17)14(18)16-15(3,4)5/h6-8,12,17H,9H2,1-5H3,(H,16,18). The fraction of sp³-hybridized carbons (Fsp3) is 0.533. The number of carbonyl (C=O) groups is 1. The largest absolute Gasteiger partial charge is 0.490 e. The number of carbonyl (C=O) groups excluding carboxylic acids is 1. The van der Waals surface area contributed by atoms with Crippen molar-refractivity contribution in [1.29, 1.82) is 0 Å². The van der Waals surface area contributed by atoms with E-state index < -0.39 is 12.0 Å². The van der Waals surface area contributed by atoms with Gasteiger partial charge in [-0.2, -0.15) is 0 Å². The number of amides is 1. The quantitative estimate of drug-likeness (QED) is 0.875. The van der Waals surface area contributed by atoms with Crippen LogP contribution >= 0.6 is 0 Å². The first kappa shape index (κ1) is 15.5. The van der Waals surface area contributed by atoms with Crippen molar-refractivity contribution >= 4 is 5.91 Å². The van der Waals surface area contributed by atoms with Crippen molar-refractivity contribution in [3.05, 3.63) is 29.3 Å². The lowest BCUT2D eigenvalue weighted by Crippen LogP contribution is -2.47. The van der Waals surface area contributed by atoms with Crippen LogP contribution in [0.1, 0.15) is 31.9 Å². The van der Waals surface area contributed by atoms with Crippen LogP contribution in [-0.2, 0) is 4.79 Å². The molecule has 0 radical (unpaired) electrons. The molecule has 0 fully saturated rings. The van der Waals surface area contributed by atoms with E-state index in [2.05, 4.69) is 5.32 Å². The molecule has 1 unspecified atom stereocenters. The molecular weight excluding hydrogens is 242 g/mol. The minimum absolute atomic E-state index is 0.0480. The van der Waals surface area contributed by atoms with Crippen molar-refractivity contribution < 1.29 is 14.6 Å². The fourth-order valence-corrected chi connectivity index (χ4v) is 1.72. The van der Waals surface area contributed by atoms with E-state index in [0.717, 1.165) is 16.9 Å². The van der Waals surface area contributed by atoms with Crippen molar-refractivity contribution in [3.63, 3.8) is 0 Å². The Morgan fingerprint density at radius 3 is 2.32 bits per heavy atom. The average Bonchev–Trinajstić information content (AvgIpc) is 2.25. The van der Waals surface area contributed by atoms with Crippen LogP contribution in [0.2, 0.25) is 0 Å². The predicted octanol–water partition coefficient (Wildman–Crippen LogP) is 1.96. The third-order valence-electron chi connectivity index (χ3n) is 2.60. The van der Waals surface area contributed by atoms with Crippen LogP contribution in [0.15, 0.2) is 18.2 Å². The number of aliphatic hydroxyl groups is 1. The van der Waals surface area contributed by atoms with Crippen molar-refractivity contribution in [2.24, 2.45) is 0 Å². The van der Waals surface area contributed by atoms with Crippen molar-refractivity contribution in [1.82, 2.24) is 5.32 Å². The molecule has 2 N–H and O–H groups in total. The Kier molecular flexibility index (Phi) is 4.95. The lowest BCUT2D eigenvalue weighted by Gasteiger charge is -2.23. The molecule has 0 bridgehead atoms. The highest BCUT2D eigenvalue weighted by molar-refractivity contribution is 5.81. The molecule has 0 saturated heterocycles. The molecule has 0 heterocycles. The summed E-state index contributed by atoms with van der Waals surface area (Å²) >= 11 is 0. The molecule has 1 rings (SSSR count). The molecule has 4 heteroatoms. The Morgan fingerprint density at radius 2 is 1.84 bits per heavy atom. The average molecular weight is 265 g/mol. The zero-order chi connectivity index (χ0) is 14.6. The smallest absolute Gasteiger partial charge is 0.252 e. The van der Waals surface area contributed by atoms with Crippen LogP contribution in [0.3, 0.4) is 0 Å². The van der Waals surface area contributed by atoms with Gasteiger partial charge in [0.25, 0.3) is 5.91 Å². The highest BCUT2D eigenvalue weighted by Gasteiger charge is 2.21. The molecule has 4 nitrogen and oxygen atoms in total. The second-order valence-electron chi connectivity index (χ2n) is 5.79. The van der Waals surface area contributed by atoms with Crippen molar-refractivity contribution in [2.75, 3.05) is 6.61 Å². The number of hydrogen-bond donors (Lipinski definition) is 2. The summed E-state index contributed by atoms with van der Waals surface area (Å²) in [5.41, 5.74) is 1.61. The number of ether oxygens (including phenoxy) is 1. The molecular formula is C15H23NO3. The Hall–Kier alpha value is -1.55. The van der Waals surface area contributed by atoms with Gasteiger partial charge in [-0.3, -0.25) is 4.79 Å². The van der Waals surface area contributed by atoms with E-state index in [0.29, 0.717) is 0 Å². The number of aliphatic hydroxyl groups excluding tert-OH is 1. The number of hydrogen-bond acceptors (Lipinski definition) is 3. The Bertz CT molecular complexity index is 429. The van der Waals surface area contributed by atoms with Crippen molar-refractivity contribution in [3.8, 4) is 5.75 Å². The first-order valence-electron chi connectivity index (χ1n) is 6.40. The van der Waals surface area contributed by atoms with Gasteiger partial charge < -0.3 is 15.2 Å². The third-order valence-corrected chi connectivity index (χ3v) is 2.60. The summed E-state index contributed by atoms with van der Waals surface area (Å²) in [5, 5.41) is 12.5. The second-order valence-corrected chi connectivity index (χ2v) is 5.79. The summed E-state index contributed by atoms with van der Waals surface area (Å²) < 4.78 is 5.55. The van der Waals surface area contributed by atoms with Gasteiger partial charge in [0.2, 0.25) is 0 Å². The summed E-state index contributed by atoms with van der Waals surface area (Å²) in [6.07, 6.45) is -1.17. The summed E-state index contributed by atoms with van der Waals surface area (Å²) in [6, 6.07) is 5.81. The molecule has 19 heavy (non-hydrogen) atoms. The molecule has 1 atom stereocenters. The molecule has 0 aliphatic rings. The number of rotatable bonds is 4. The van der Waals surface area contributed by atoms with E-state index in [4.69, 9.17) is 4.74 Å². The lowest BCUT2D eigenvalue weighted by molar-refractivity contribution is -0.132. The summed E-state index contributed by atoms with van der Waals surface area (Å²) in [6.45, 7) is 9.42. The molecule has 1 aromatic rings. The Labute approximate surface area is 114 Å². The van der Waals surface area contributed by atoms with E-state index in [1.165, 1.54) is 0 Å². The van der Waals surface area contributed by atoms with Gasteiger partial charge >= 0.3 is 0 Å². The molecule has 0 aliphatic heterocycles. The molecule has 1 amide bonds. The topological polar surface area (TPSA) is 58.6 Å². The molecule has 0 aliphatic carbocycles. The molecule has 1 aromatic carbocycles. The number of para-hydroxylation sites is 1. The van der Waals surface area contributed by atoms with Crippen molar-refractivity contribution in [2.45, 2.75) is 46.3 Å². The van der Waals surface area contributed by atoms with Gasteiger partial charge in [-0.05, 0) is 45.7 Å². The van der Waals surface area contributed by atoms with E-state index in [9.17, 15) is 9.90 Å². The number of nitrogens with one attached hydrogen (secondary N) is 1. The summed E-state index contributed by atoms with van der Waals surface area (Å²) in [7, 11) is 0. The highest BCUT2D eigenvalue weighted by atomic mass is 16.5. The highest BCUT2D eigenvalue weighted by Crippen LogP contribution is 2.22. The van der Waals surface area contributed by atoms with Crippen LogP contribution in [-0.4, -0.2) is 29.3 Å². The van der Waals surface area contributed by atoms with Gasteiger partial charge in [-0.1, -0.05) is 18.2 Å². The SMILES string of the molecule is Cc1cccc(C)c1OCC(O)C(=O)NC(C)(C)C. The first-order chi connectivity index (χ1) is 8.70. The molecule has 0 saturated carbocycles. The van der Waals surface area contributed by atoms with E-state index in [-0.39, 0.29) is 12.1 Å². The van der Waals surface area contributed by atoms with Gasteiger partial charge in [-0.25, -0.2) is 0 Å². The first-order valence-corrected chi connectivity index (χ1v) is 6.40. The molecule has 0 spiro atoms. The third kappa shape index (κ3) is 4.91. The zero-order valence-corrected chi connectivity index (χ0v) is 12.3. The van der Waals surface area contributed by atoms with Crippen LogP contribution in [0.4, 0.5) is 0 Å². The van der Waals surface area contributed by atoms with Gasteiger partial charge in [-0.15, -0.1) is 0 Å². The number of benzene rings is 1. The molecule has 106 valence electrons. The van der Waals surface area contributed by atoms with E-state index >= 15 is 0 Å². The maximum atomic E-state index is 11.7. The number of aryl methyl sites for hydroxylation is 2. The van der Waals surface area contributed by atoms with Gasteiger partial charge in [0.15, 0.2) is 6.10 Å². The normalized spacial score (nSPS) is 12.9. The van der Waals surface area contributed by atoms with E-state index in [1.807, 2.05) is 52.8 Å². The monoisotopic (exact) mass is 265 g/mol. The minimum Gasteiger partial charge on any atom is -0.490 e. The predicted molar refractivity (Wildman–Crippen MR) is 75.3 cm³/mol. The Balaban J connectivity index is 2.59. The maximum absolute atomic E-state index is 11.7. The maximum Gasteiger partial charge on any atom is 0.252 e. The van der Waals surface area contributed by atoms with Gasteiger partial charge in [0, 0.05) is 5.54 Å².